The van der Waals surface area contributed by atoms with Gasteiger partial charge in [-0.25, -0.2) is 9.78 Å². The van der Waals surface area contributed by atoms with Crippen molar-refractivity contribution in [2.24, 2.45) is 11.8 Å². The van der Waals surface area contributed by atoms with Crippen molar-refractivity contribution in [1.82, 2.24) is 4.98 Å². The van der Waals surface area contributed by atoms with Crippen molar-refractivity contribution in [2.45, 2.75) is 12.0 Å². The number of fused-ring (bicyclic) bond motifs is 3. The minimum Gasteiger partial charge on any atom is -0.502 e. The fourth-order valence-electron chi connectivity index (χ4n) is 5.47. The summed E-state index contributed by atoms with van der Waals surface area (Å²) in [5.74, 6) is -1.71. The molecular formula is C27H22ClNO9. The number of phenolic OH excluding ortho intramolecular Hbond substituents is 1. The Bertz CT molecular complexity index is 1430. The van der Waals surface area contributed by atoms with Gasteiger partial charge in [-0.3, -0.25) is 4.79 Å². The van der Waals surface area contributed by atoms with E-state index >= 15 is 0 Å². The van der Waals surface area contributed by atoms with Crippen LogP contribution in [0.5, 0.6) is 28.7 Å². The quantitative estimate of drug-likeness (QED) is 0.375. The number of methoxy groups -OCH3 is 2. The van der Waals surface area contributed by atoms with Gasteiger partial charge in [-0.15, -0.1) is 0 Å². The van der Waals surface area contributed by atoms with Crippen LogP contribution in [0.3, 0.4) is 0 Å². The van der Waals surface area contributed by atoms with Crippen LogP contribution >= 0.6 is 11.6 Å². The van der Waals surface area contributed by atoms with Crippen LogP contribution in [0, 0.1) is 11.8 Å². The molecule has 6 rings (SSSR count). The van der Waals surface area contributed by atoms with Gasteiger partial charge in [-0.2, -0.15) is 0 Å². The molecule has 3 heterocycles. The molecule has 2 aliphatic heterocycles. The summed E-state index contributed by atoms with van der Waals surface area (Å²) >= 11 is 6.15. The zero-order chi connectivity index (χ0) is 26.6. The second-order valence-electron chi connectivity index (χ2n) is 9.07. The van der Waals surface area contributed by atoms with Gasteiger partial charge in [0.1, 0.15) is 11.3 Å². The van der Waals surface area contributed by atoms with Crippen LogP contribution in [0.25, 0.3) is 0 Å². The highest BCUT2D eigenvalue weighted by Gasteiger charge is 2.54. The number of carbonyl (C=O) groups is 2. The maximum Gasteiger partial charge on any atom is 0.341 e. The fraction of sp³-hybridized carbons (Fsp3) is 0.296. The van der Waals surface area contributed by atoms with Gasteiger partial charge in [-0.05, 0) is 47.5 Å². The lowest BCUT2D eigenvalue weighted by Gasteiger charge is -2.38. The Morgan fingerprint density at radius 1 is 1.05 bits per heavy atom. The van der Waals surface area contributed by atoms with Crippen LogP contribution in [0.2, 0.25) is 5.15 Å². The van der Waals surface area contributed by atoms with E-state index < -0.39 is 35.8 Å². The Morgan fingerprint density at radius 2 is 1.74 bits per heavy atom. The number of rotatable bonds is 5. The highest BCUT2D eigenvalue weighted by molar-refractivity contribution is 6.32. The highest BCUT2D eigenvalue weighted by atomic mass is 35.5. The SMILES string of the molecule is COc1cc([C@@H]2c3cc4c(cc3[C@@H](OC(=O)c3cccnc3Cl)[C@H]3COC(=O)[C@H]23)OCO4)cc(OC)c1O. The number of phenols is 1. The van der Waals surface area contributed by atoms with Crippen LogP contribution < -0.4 is 18.9 Å². The summed E-state index contributed by atoms with van der Waals surface area (Å²) in [7, 11) is 2.85. The molecule has 10 nitrogen and oxygen atoms in total. The first-order valence-electron chi connectivity index (χ1n) is 11.8. The number of nitrogens with zero attached hydrogens (tertiary/aromatic N) is 1. The standard InChI is InChI=1S/C27H22ClNO9/c1-33-19-6-12(7-20(34-2)23(19)30)21-14-8-17-18(37-11-36-17)9-15(14)24(16-10-35-27(32)22(16)21)38-26(31)13-4-3-5-29-25(13)28/h3-9,16,21-22,24,30H,10-11H2,1-2H3/t16-,21+,22-,24+/m0/s1. The minimum atomic E-state index is -0.850. The maximum absolute atomic E-state index is 13.2. The van der Waals surface area contributed by atoms with Crippen LogP contribution in [-0.2, 0) is 14.3 Å². The number of benzene rings is 2. The first-order valence-corrected chi connectivity index (χ1v) is 12.2. The summed E-state index contributed by atoms with van der Waals surface area (Å²) in [5, 5.41) is 10.5. The van der Waals surface area contributed by atoms with Crippen molar-refractivity contribution in [1.29, 1.82) is 0 Å². The predicted molar refractivity (Wildman–Crippen MR) is 131 cm³/mol. The molecule has 0 bridgehead atoms. The van der Waals surface area contributed by atoms with E-state index in [0.29, 0.717) is 28.2 Å². The van der Waals surface area contributed by atoms with Crippen molar-refractivity contribution in [3.8, 4) is 28.7 Å². The average Bonchev–Trinajstić information content (AvgIpc) is 3.54. The Hall–Kier alpha value is -4.18. The first kappa shape index (κ1) is 24.2. The lowest BCUT2D eigenvalue weighted by molar-refractivity contribution is -0.141. The van der Waals surface area contributed by atoms with E-state index in [1.807, 2.05) is 0 Å². The molecule has 196 valence electrons. The molecule has 1 aromatic heterocycles. The number of hydrogen-bond donors (Lipinski definition) is 1. The van der Waals surface area contributed by atoms with Crippen molar-refractivity contribution in [2.75, 3.05) is 27.6 Å². The number of ether oxygens (including phenoxy) is 6. The number of pyridine rings is 1. The third kappa shape index (κ3) is 3.75. The summed E-state index contributed by atoms with van der Waals surface area (Å²) in [4.78, 5) is 30.4. The number of cyclic esters (lactones) is 1. The van der Waals surface area contributed by atoms with E-state index in [2.05, 4.69) is 4.98 Å². The average molecular weight is 540 g/mol. The molecule has 1 fully saturated rings. The molecule has 4 atom stereocenters. The molecular weight excluding hydrogens is 518 g/mol. The molecule has 0 amide bonds. The van der Waals surface area contributed by atoms with Gasteiger partial charge in [0.2, 0.25) is 12.5 Å². The summed E-state index contributed by atoms with van der Waals surface area (Å²) in [6, 6.07) is 9.96. The van der Waals surface area contributed by atoms with Gasteiger partial charge < -0.3 is 33.5 Å². The van der Waals surface area contributed by atoms with Crippen LogP contribution in [0.1, 0.15) is 39.1 Å². The number of hydrogen-bond acceptors (Lipinski definition) is 10. The third-order valence-corrected chi connectivity index (χ3v) is 7.49. The molecule has 0 saturated carbocycles. The smallest absolute Gasteiger partial charge is 0.341 e. The zero-order valence-electron chi connectivity index (χ0n) is 20.3. The lowest BCUT2D eigenvalue weighted by atomic mass is 9.66. The van der Waals surface area contributed by atoms with Crippen LogP contribution in [0.4, 0.5) is 0 Å². The van der Waals surface area contributed by atoms with Crippen molar-refractivity contribution in [3.05, 3.63) is 70.0 Å². The number of halogens is 1. The van der Waals surface area contributed by atoms with Gasteiger partial charge in [0, 0.05) is 23.6 Å². The molecule has 11 heteroatoms. The number of esters is 2. The Balaban J connectivity index is 1.52. The van der Waals surface area contributed by atoms with Crippen LogP contribution in [-0.4, -0.2) is 49.6 Å². The largest absolute Gasteiger partial charge is 0.502 e. The molecule has 3 aliphatic rings. The summed E-state index contributed by atoms with van der Waals surface area (Å²) in [6.45, 7) is 0.0767. The topological polar surface area (TPSA) is 123 Å². The van der Waals surface area contributed by atoms with Gasteiger partial charge in [-0.1, -0.05) is 11.6 Å². The summed E-state index contributed by atoms with van der Waals surface area (Å²) in [5.41, 5.74) is 2.07. The Morgan fingerprint density at radius 3 is 2.39 bits per heavy atom. The maximum atomic E-state index is 13.2. The molecule has 2 aromatic carbocycles. The fourth-order valence-corrected chi connectivity index (χ4v) is 5.67. The Labute approximate surface area is 221 Å². The van der Waals surface area contributed by atoms with E-state index in [1.54, 1.807) is 30.3 Å². The van der Waals surface area contributed by atoms with E-state index in [0.717, 1.165) is 0 Å². The zero-order valence-corrected chi connectivity index (χ0v) is 21.1. The number of aromatic hydroxyl groups is 1. The van der Waals surface area contributed by atoms with Crippen molar-refractivity contribution >= 4 is 23.5 Å². The van der Waals surface area contributed by atoms with Crippen molar-refractivity contribution < 1.29 is 43.1 Å². The highest BCUT2D eigenvalue weighted by Crippen LogP contribution is 2.56. The van der Waals surface area contributed by atoms with Gasteiger partial charge in [0.05, 0.1) is 32.3 Å². The number of aromatic nitrogens is 1. The molecule has 1 saturated heterocycles. The molecule has 1 aliphatic carbocycles. The second kappa shape index (κ2) is 9.29. The first-order chi connectivity index (χ1) is 18.4. The van der Waals surface area contributed by atoms with E-state index in [4.69, 9.17) is 40.0 Å². The van der Waals surface area contributed by atoms with Gasteiger partial charge >= 0.3 is 11.9 Å². The molecule has 3 aromatic rings. The minimum absolute atomic E-state index is 0.00989. The third-order valence-electron chi connectivity index (χ3n) is 7.19. The number of carbonyl (C=O) groups excluding carboxylic acids is 2. The molecule has 38 heavy (non-hydrogen) atoms. The van der Waals surface area contributed by atoms with E-state index in [-0.39, 0.29) is 41.4 Å². The normalized spacial score (nSPS) is 22.8. The van der Waals surface area contributed by atoms with Crippen LogP contribution in [0.15, 0.2) is 42.6 Å². The lowest BCUT2D eigenvalue weighted by Crippen LogP contribution is -2.36. The van der Waals surface area contributed by atoms with Gasteiger partial charge in [0.15, 0.2) is 23.0 Å². The molecule has 0 spiro atoms. The molecule has 0 unspecified atom stereocenters. The summed E-state index contributed by atoms with van der Waals surface area (Å²) < 4.78 is 33.5. The Kier molecular flexibility index (Phi) is 5.91. The van der Waals surface area contributed by atoms with E-state index in [9.17, 15) is 14.7 Å². The van der Waals surface area contributed by atoms with Gasteiger partial charge in [0.25, 0.3) is 0 Å². The monoisotopic (exact) mass is 539 g/mol. The molecule has 0 radical (unpaired) electrons. The second-order valence-corrected chi connectivity index (χ2v) is 9.43. The van der Waals surface area contributed by atoms with Crippen molar-refractivity contribution in [3.63, 3.8) is 0 Å². The molecule has 1 N–H and O–H groups in total. The summed E-state index contributed by atoms with van der Waals surface area (Å²) in [6.07, 6.45) is 0.622. The predicted octanol–water partition coefficient (Wildman–Crippen LogP) is 4.02. The van der Waals surface area contributed by atoms with E-state index in [1.165, 1.54) is 26.5 Å².